The number of imidazole rings is 1. The van der Waals surface area contributed by atoms with Gasteiger partial charge in [-0.1, -0.05) is 91.0 Å². The first-order valence-corrected chi connectivity index (χ1v) is 11.4. The first-order chi connectivity index (χ1) is 17.2. The molecule has 0 spiro atoms. The quantitative estimate of drug-likeness (QED) is 0.326. The van der Waals surface area contributed by atoms with Gasteiger partial charge in [0, 0.05) is 6.42 Å². The lowest BCUT2D eigenvalue weighted by molar-refractivity contribution is -0.121. The molecule has 0 atom stereocenters. The standard InChI is InChI=1S/C28H25N5O2/c29-26-25-27(31-19-30-26)33(20-32-25)18-24(34)16-17-35-28(21-10-4-1-5-11-21,22-12-6-2-7-13-22)23-14-8-3-9-15-23/h1-15,19-20H,16-18H2,(H2,29,30,31). The molecule has 2 N–H and O–H groups in total. The van der Waals surface area contributed by atoms with E-state index in [1.807, 2.05) is 54.6 Å². The van der Waals surface area contributed by atoms with Crippen molar-refractivity contribution in [2.24, 2.45) is 0 Å². The number of fused-ring (bicyclic) bond motifs is 1. The molecule has 7 heteroatoms. The number of aromatic nitrogens is 4. The predicted octanol–water partition coefficient (Wildman–Crippen LogP) is 4.38. The third-order valence-electron chi connectivity index (χ3n) is 6.02. The molecule has 5 aromatic rings. The highest BCUT2D eigenvalue weighted by atomic mass is 16.5. The summed E-state index contributed by atoms with van der Waals surface area (Å²) in [5.41, 5.74) is 9.04. The lowest BCUT2D eigenvalue weighted by atomic mass is 9.80. The van der Waals surface area contributed by atoms with E-state index >= 15 is 0 Å². The zero-order valence-electron chi connectivity index (χ0n) is 19.1. The Hall–Kier alpha value is -4.36. The average molecular weight is 464 g/mol. The molecule has 2 aromatic heterocycles. The van der Waals surface area contributed by atoms with Gasteiger partial charge in [-0.2, -0.15) is 0 Å². The second-order valence-corrected chi connectivity index (χ2v) is 8.22. The van der Waals surface area contributed by atoms with Gasteiger partial charge < -0.3 is 15.0 Å². The summed E-state index contributed by atoms with van der Waals surface area (Å²) in [6.07, 6.45) is 3.17. The molecule has 0 saturated heterocycles. The maximum atomic E-state index is 12.9. The van der Waals surface area contributed by atoms with Crippen LogP contribution in [0.3, 0.4) is 0 Å². The van der Waals surface area contributed by atoms with Crippen molar-refractivity contribution in [1.82, 2.24) is 19.5 Å². The van der Waals surface area contributed by atoms with Crippen molar-refractivity contribution >= 4 is 22.8 Å². The molecule has 7 nitrogen and oxygen atoms in total. The van der Waals surface area contributed by atoms with Crippen LogP contribution in [-0.4, -0.2) is 31.9 Å². The van der Waals surface area contributed by atoms with Crippen molar-refractivity contribution in [3.05, 3.63) is 120 Å². The fraction of sp³-hybridized carbons (Fsp3) is 0.143. The van der Waals surface area contributed by atoms with Crippen LogP contribution in [0.5, 0.6) is 0 Å². The number of anilines is 1. The Balaban J connectivity index is 1.42. The summed E-state index contributed by atoms with van der Waals surface area (Å²) in [5, 5.41) is 0. The molecule has 3 aromatic carbocycles. The van der Waals surface area contributed by atoms with Crippen LogP contribution in [0.1, 0.15) is 23.1 Å². The van der Waals surface area contributed by atoms with Gasteiger partial charge in [0.05, 0.1) is 19.5 Å². The van der Waals surface area contributed by atoms with Crippen molar-refractivity contribution in [1.29, 1.82) is 0 Å². The third kappa shape index (κ3) is 4.41. The number of nitrogens with zero attached hydrogens (tertiary/aromatic N) is 4. The number of carbonyl (C=O) groups excluding carboxylic acids is 1. The van der Waals surface area contributed by atoms with Crippen LogP contribution in [0.4, 0.5) is 5.82 Å². The highest BCUT2D eigenvalue weighted by Crippen LogP contribution is 2.40. The Morgan fingerprint density at radius 2 is 1.34 bits per heavy atom. The van der Waals surface area contributed by atoms with Gasteiger partial charge in [0.25, 0.3) is 0 Å². The molecule has 2 heterocycles. The highest BCUT2D eigenvalue weighted by molar-refractivity contribution is 5.84. The minimum Gasteiger partial charge on any atom is -0.382 e. The Morgan fingerprint density at radius 3 is 1.89 bits per heavy atom. The topological polar surface area (TPSA) is 95.9 Å². The second kappa shape index (κ2) is 9.87. The van der Waals surface area contributed by atoms with Gasteiger partial charge in [-0.3, -0.25) is 4.79 Å². The highest BCUT2D eigenvalue weighted by Gasteiger charge is 2.37. The molecule has 0 bridgehead atoms. The van der Waals surface area contributed by atoms with Crippen molar-refractivity contribution in [3.8, 4) is 0 Å². The van der Waals surface area contributed by atoms with Gasteiger partial charge in [-0.05, 0) is 16.7 Å². The Morgan fingerprint density at radius 1 is 0.800 bits per heavy atom. The zero-order chi connectivity index (χ0) is 24.1. The Bertz CT molecular complexity index is 1320. The van der Waals surface area contributed by atoms with Crippen molar-refractivity contribution in [2.45, 2.75) is 18.6 Å². The number of benzene rings is 3. The van der Waals surface area contributed by atoms with Crippen molar-refractivity contribution in [2.75, 3.05) is 12.3 Å². The van der Waals surface area contributed by atoms with Crippen LogP contribution >= 0.6 is 0 Å². The molecule has 174 valence electrons. The SMILES string of the molecule is Nc1ncnc2c1ncn2CC(=O)CCOC(c1ccccc1)(c1ccccc1)c1ccccc1. The molecule has 0 saturated carbocycles. The Labute approximate surface area is 203 Å². The molecular weight excluding hydrogens is 438 g/mol. The van der Waals surface area contributed by atoms with E-state index in [0.29, 0.717) is 17.0 Å². The number of Topliss-reactive ketones (excluding diaryl/α,β-unsaturated/α-hetero) is 1. The monoisotopic (exact) mass is 463 g/mol. The van der Waals surface area contributed by atoms with Gasteiger partial charge in [0.1, 0.15) is 17.4 Å². The molecule has 0 aliphatic rings. The molecular formula is C28H25N5O2. The summed E-state index contributed by atoms with van der Waals surface area (Å²) < 4.78 is 8.38. The lowest BCUT2D eigenvalue weighted by Gasteiger charge is -2.36. The van der Waals surface area contributed by atoms with Crippen LogP contribution in [0.15, 0.2) is 104 Å². The fourth-order valence-electron chi connectivity index (χ4n) is 4.37. The first kappa shape index (κ1) is 22.4. The summed E-state index contributed by atoms with van der Waals surface area (Å²) >= 11 is 0. The van der Waals surface area contributed by atoms with E-state index in [1.54, 1.807) is 10.9 Å². The van der Waals surface area contributed by atoms with Crippen LogP contribution in [-0.2, 0) is 21.7 Å². The summed E-state index contributed by atoms with van der Waals surface area (Å²) in [6, 6.07) is 30.3. The van der Waals surface area contributed by atoms with Crippen molar-refractivity contribution < 1.29 is 9.53 Å². The van der Waals surface area contributed by atoms with Gasteiger partial charge in [0.15, 0.2) is 17.2 Å². The van der Waals surface area contributed by atoms with Crippen LogP contribution < -0.4 is 5.73 Å². The lowest BCUT2D eigenvalue weighted by Crippen LogP contribution is -2.33. The molecule has 0 radical (unpaired) electrons. The van der Waals surface area contributed by atoms with E-state index in [1.165, 1.54) is 6.33 Å². The van der Waals surface area contributed by atoms with E-state index in [4.69, 9.17) is 10.5 Å². The van der Waals surface area contributed by atoms with E-state index in [-0.39, 0.29) is 25.4 Å². The number of rotatable bonds is 9. The predicted molar refractivity (Wildman–Crippen MR) is 135 cm³/mol. The maximum Gasteiger partial charge on any atom is 0.165 e. The third-order valence-corrected chi connectivity index (χ3v) is 6.02. The van der Waals surface area contributed by atoms with Crippen LogP contribution in [0.25, 0.3) is 11.2 Å². The Kier molecular flexibility index (Phi) is 6.32. The van der Waals surface area contributed by atoms with Crippen molar-refractivity contribution in [3.63, 3.8) is 0 Å². The largest absolute Gasteiger partial charge is 0.382 e. The first-order valence-electron chi connectivity index (χ1n) is 11.4. The number of hydrogen-bond acceptors (Lipinski definition) is 6. The molecule has 0 unspecified atom stereocenters. The number of ether oxygens (including phenoxy) is 1. The average Bonchev–Trinajstić information content (AvgIpc) is 3.32. The van der Waals surface area contributed by atoms with E-state index in [9.17, 15) is 4.79 Å². The van der Waals surface area contributed by atoms with Gasteiger partial charge in [-0.15, -0.1) is 0 Å². The number of nitrogens with two attached hydrogens (primary N) is 1. The summed E-state index contributed by atoms with van der Waals surface area (Å²) in [7, 11) is 0. The molecule has 0 fully saturated rings. The number of carbonyl (C=O) groups is 1. The second-order valence-electron chi connectivity index (χ2n) is 8.22. The van der Waals surface area contributed by atoms with Gasteiger partial charge in [0.2, 0.25) is 0 Å². The minimum atomic E-state index is -0.854. The summed E-state index contributed by atoms with van der Waals surface area (Å²) in [4.78, 5) is 25.3. The van der Waals surface area contributed by atoms with E-state index < -0.39 is 5.60 Å². The minimum absolute atomic E-state index is 0.00423. The smallest absolute Gasteiger partial charge is 0.165 e. The fourth-order valence-corrected chi connectivity index (χ4v) is 4.37. The number of ketones is 1. The molecule has 0 aliphatic heterocycles. The van der Waals surface area contributed by atoms with E-state index in [0.717, 1.165) is 16.7 Å². The molecule has 0 aliphatic carbocycles. The molecule has 5 rings (SSSR count). The van der Waals surface area contributed by atoms with Gasteiger partial charge >= 0.3 is 0 Å². The van der Waals surface area contributed by atoms with Gasteiger partial charge in [-0.25, -0.2) is 15.0 Å². The normalized spacial score (nSPS) is 11.5. The van der Waals surface area contributed by atoms with E-state index in [2.05, 4.69) is 51.4 Å². The molecule has 35 heavy (non-hydrogen) atoms. The zero-order valence-corrected chi connectivity index (χ0v) is 19.1. The number of nitrogen functional groups attached to an aromatic ring is 1. The summed E-state index contributed by atoms with van der Waals surface area (Å²) in [5.74, 6) is 0.299. The molecule has 0 amide bonds. The van der Waals surface area contributed by atoms with Crippen LogP contribution in [0, 0.1) is 0 Å². The van der Waals surface area contributed by atoms with Crippen LogP contribution in [0.2, 0.25) is 0 Å². The number of hydrogen-bond donors (Lipinski definition) is 1. The maximum absolute atomic E-state index is 12.9. The summed E-state index contributed by atoms with van der Waals surface area (Å²) in [6.45, 7) is 0.368.